The van der Waals surface area contributed by atoms with E-state index in [1.54, 1.807) is 6.07 Å². The van der Waals surface area contributed by atoms with Crippen molar-refractivity contribution < 1.29 is 32.5 Å². The second kappa shape index (κ2) is 16.6. The van der Waals surface area contributed by atoms with Crippen LogP contribution in [0.3, 0.4) is 0 Å². The van der Waals surface area contributed by atoms with Crippen molar-refractivity contribution in [2.45, 2.75) is 140 Å². The Morgan fingerprint density at radius 1 is 0.945 bits per heavy atom. The lowest BCUT2D eigenvalue weighted by molar-refractivity contribution is 0.00687. The highest BCUT2D eigenvalue weighted by Gasteiger charge is 2.52. The van der Waals surface area contributed by atoms with Crippen molar-refractivity contribution >= 4 is 39.2 Å². The average Bonchev–Trinajstić information content (AvgIpc) is 3.88. The molecule has 304 valence electrons. The van der Waals surface area contributed by atoms with Crippen molar-refractivity contribution in [1.82, 2.24) is 19.4 Å². The molecule has 10 nitrogen and oxygen atoms in total. The second-order valence-electron chi connectivity index (χ2n) is 18.8. The number of likely N-dealkylation sites (tertiary alicyclic amines) is 1. The van der Waals surface area contributed by atoms with E-state index < -0.39 is 16.4 Å². The van der Waals surface area contributed by atoms with Gasteiger partial charge in [0.15, 0.2) is 20.1 Å². The number of nitrogens with zero attached hydrogens (tertiary/aromatic N) is 4. The maximum absolute atomic E-state index is 15.8. The van der Waals surface area contributed by atoms with Crippen LogP contribution < -0.4 is 9.47 Å². The van der Waals surface area contributed by atoms with Gasteiger partial charge in [-0.1, -0.05) is 58.4 Å². The third-order valence-corrected chi connectivity index (χ3v) is 18.9. The van der Waals surface area contributed by atoms with Gasteiger partial charge in [-0.15, -0.1) is 0 Å². The molecule has 5 heterocycles. The first-order chi connectivity index (χ1) is 26.1. The molecule has 0 saturated carbocycles. The molecule has 55 heavy (non-hydrogen) atoms. The molecule has 0 spiro atoms. The molecule has 3 fully saturated rings. The molecule has 5 atom stereocenters. The quantitative estimate of drug-likeness (QED) is 0.111. The van der Waals surface area contributed by atoms with Crippen molar-refractivity contribution in [2.75, 3.05) is 46.1 Å². The van der Waals surface area contributed by atoms with Crippen LogP contribution in [0, 0.1) is 5.82 Å². The van der Waals surface area contributed by atoms with Gasteiger partial charge in [0.1, 0.15) is 42.6 Å². The summed E-state index contributed by atoms with van der Waals surface area (Å²) in [5.74, 6) is 0.344. The number of hydrogen-bond donors (Lipinski definition) is 0. The summed E-state index contributed by atoms with van der Waals surface area (Å²) in [6, 6.07) is 6.84. The number of piperidine rings is 1. The molecule has 2 aromatic heterocycles. The first-order valence-electron chi connectivity index (χ1n) is 20.4. The smallest absolute Gasteiger partial charge is 0.301 e. The molecule has 1 aliphatic carbocycles. The van der Waals surface area contributed by atoms with Crippen LogP contribution in [0.2, 0.25) is 48.8 Å². The highest BCUT2D eigenvalue weighted by atomic mass is 35.5. The van der Waals surface area contributed by atoms with E-state index in [-0.39, 0.29) is 47.9 Å². The van der Waals surface area contributed by atoms with E-state index in [4.69, 9.17) is 49.7 Å². The minimum absolute atomic E-state index is 0.0477. The topological polar surface area (TPSA) is 89.3 Å². The summed E-state index contributed by atoms with van der Waals surface area (Å²) in [6.07, 6.45) is 4.90. The third-order valence-electron chi connectivity index (χ3n) is 12.3. The standard InChI is InChI=1S/C41H62ClFN4O6Si2/c1-41(2,3)55(7,8)53-35-25-51-37-34(24-50-38(35)37)52-40-45-33-23-30(42)32(44-39(33)47(40)26-48-18-19-54(4,5)6)21-28-13-12-27-20-29(22-31(43)36(27)28)49-17-16-46-14-10-9-11-15-46/h20,22-23,28,34-35,37-38H,9-19,21,24-26H2,1-8H3/t28?,34-,35-,37-,38-/m1/s1. The molecular formula is C41H62ClFN4O6Si2. The number of ether oxygens (including phenoxy) is 5. The SMILES string of the molecule is CC(C)(C)[Si](C)(C)O[C@@H]1CO[C@H]2[C@@H]1OC[C@H]2Oc1nc2cc(Cl)c(CC3CCc4cc(OCCN5CCCCC5)cc(F)c43)nc2n1COCC[Si](C)(C)C. The minimum Gasteiger partial charge on any atom is -0.492 e. The van der Waals surface area contributed by atoms with Crippen molar-refractivity contribution in [2.24, 2.45) is 0 Å². The van der Waals surface area contributed by atoms with Gasteiger partial charge in [-0.05, 0) is 98.5 Å². The number of hydrogen-bond acceptors (Lipinski definition) is 9. The number of pyridine rings is 1. The van der Waals surface area contributed by atoms with Gasteiger partial charge in [0.2, 0.25) is 0 Å². The zero-order chi connectivity index (χ0) is 39.1. The lowest BCUT2D eigenvalue weighted by Crippen LogP contribution is -2.47. The number of aromatic nitrogens is 3. The summed E-state index contributed by atoms with van der Waals surface area (Å²) in [5, 5.41) is 0.580. The van der Waals surface area contributed by atoms with E-state index in [1.807, 2.05) is 16.7 Å². The van der Waals surface area contributed by atoms with E-state index in [2.05, 4.69) is 58.4 Å². The highest BCUT2D eigenvalue weighted by molar-refractivity contribution is 6.76. The summed E-state index contributed by atoms with van der Waals surface area (Å²) in [5.41, 5.74) is 3.70. The van der Waals surface area contributed by atoms with E-state index in [0.29, 0.717) is 66.5 Å². The van der Waals surface area contributed by atoms with Gasteiger partial charge >= 0.3 is 6.01 Å². The molecule has 0 radical (unpaired) electrons. The van der Waals surface area contributed by atoms with Crippen molar-refractivity contribution in [3.8, 4) is 11.8 Å². The van der Waals surface area contributed by atoms with E-state index in [1.165, 1.54) is 19.3 Å². The average molecular weight is 818 g/mol. The van der Waals surface area contributed by atoms with Crippen LogP contribution in [0.15, 0.2) is 18.2 Å². The summed E-state index contributed by atoms with van der Waals surface area (Å²) < 4.78 is 55.9. The number of imidazole rings is 1. The number of benzene rings is 1. The normalized spacial score (nSPS) is 24.8. The van der Waals surface area contributed by atoms with Crippen molar-refractivity contribution in [3.63, 3.8) is 0 Å². The number of aryl methyl sites for hydroxylation is 1. The molecule has 0 bridgehead atoms. The molecule has 14 heteroatoms. The van der Waals surface area contributed by atoms with Crippen LogP contribution in [0.25, 0.3) is 11.2 Å². The number of fused-ring (bicyclic) bond motifs is 3. The number of halogens is 2. The van der Waals surface area contributed by atoms with Crippen LogP contribution in [0.1, 0.15) is 69.2 Å². The van der Waals surface area contributed by atoms with Gasteiger partial charge in [-0.3, -0.25) is 9.47 Å². The molecule has 1 unspecified atom stereocenters. The van der Waals surface area contributed by atoms with E-state index in [9.17, 15) is 0 Å². The van der Waals surface area contributed by atoms with E-state index >= 15 is 4.39 Å². The van der Waals surface area contributed by atoms with Gasteiger partial charge in [0.05, 0.1) is 30.0 Å². The Hall–Kier alpha value is -2.11. The monoisotopic (exact) mass is 816 g/mol. The van der Waals surface area contributed by atoms with Gasteiger partial charge in [-0.2, -0.15) is 4.98 Å². The zero-order valence-corrected chi connectivity index (χ0v) is 37.0. The molecule has 3 aliphatic heterocycles. The number of rotatable bonds is 15. The summed E-state index contributed by atoms with van der Waals surface area (Å²) in [7, 11) is -3.34. The minimum atomic E-state index is -2.03. The molecular weight excluding hydrogens is 755 g/mol. The lowest BCUT2D eigenvalue weighted by Gasteiger charge is -2.39. The van der Waals surface area contributed by atoms with Crippen LogP contribution in [-0.2, 0) is 38.2 Å². The summed E-state index contributed by atoms with van der Waals surface area (Å²) in [6.45, 7) is 23.6. The Balaban J connectivity index is 1.08. The van der Waals surface area contributed by atoms with Crippen LogP contribution in [0.4, 0.5) is 4.39 Å². The van der Waals surface area contributed by atoms with Crippen molar-refractivity contribution in [1.29, 1.82) is 0 Å². The lowest BCUT2D eigenvalue weighted by atomic mass is 9.95. The molecule has 4 aliphatic rings. The first kappa shape index (κ1) is 41.1. The maximum atomic E-state index is 15.8. The predicted molar refractivity (Wildman–Crippen MR) is 220 cm³/mol. The summed E-state index contributed by atoms with van der Waals surface area (Å²) in [4.78, 5) is 12.4. The molecule has 7 rings (SSSR count). The molecule has 0 amide bonds. The fourth-order valence-electron chi connectivity index (χ4n) is 8.03. The Morgan fingerprint density at radius 2 is 1.67 bits per heavy atom. The van der Waals surface area contributed by atoms with Gasteiger partial charge < -0.3 is 28.1 Å². The van der Waals surface area contributed by atoms with Crippen LogP contribution in [0.5, 0.6) is 11.8 Å². The fraction of sp³-hybridized carbons (Fsp3) is 0.707. The van der Waals surface area contributed by atoms with Crippen molar-refractivity contribution in [3.05, 3.63) is 45.9 Å². The van der Waals surface area contributed by atoms with Crippen LogP contribution >= 0.6 is 11.6 Å². The highest BCUT2D eigenvalue weighted by Crippen LogP contribution is 2.42. The predicted octanol–water partition coefficient (Wildman–Crippen LogP) is 8.61. The Labute approximate surface area is 333 Å². The zero-order valence-electron chi connectivity index (χ0n) is 34.2. The third kappa shape index (κ3) is 9.45. The van der Waals surface area contributed by atoms with Crippen LogP contribution in [-0.4, -0.2) is 106 Å². The maximum Gasteiger partial charge on any atom is 0.301 e. The first-order valence-corrected chi connectivity index (χ1v) is 27.4. The van der Waals surface area contributed by atoms with Gasteiger partial charge in [-0.25, -0.2) is 9.37 Å². The molecule has 3 aromatic rings. The fourth-order valence-corrected chi connectivity index (χ4v) is 10.3. The largest absolute Gasteiger partial charge is 0.492 e. The Kier molecular flexibility index (Phi) is 12.4. The molecule has 0 N–H and O–H groups in total. The Morgan fingerprint density at radius 3 is 2.40 bits per heavy atom. The summed E-state index contributed by atoms with van der Waals surface area (Å²) >= 11 is 6.93. The van der Waals surface area contributed by atoms with E-state index in [0.717, 1.165) is 49.6 Å². The molecule has 3 saturated heterocycles. The Bertz CT molecular complexity index is 1810. The van der Waals surface area contributed by atoms with Gasteiger partial charge in [0.25, 0.3) is 0 Å². The molecule has 1 aromatic carbocycles. The van der Waals surface area contributed by atoms with Gasteiger partial charge in [0, 0.05) is 27.3 Å². The second-order valence-corrected chi connectivity index (χ2v) is 29.6.